The van der Waals surface area contributed by atoms with Gasteiger partial charge in [-0.25, -0.2) is 0 Å². The second kappa shape index (κ2) is 47.7. The lowest BCUT2D eigenvalue weighted by Crippen LogP contribution is -2.30. The Morgan fingerprint density at radius 1 is 0.350 bits per heavy atom. The summed E-state index contributed by atoms with van der Waals surface area (Å²) in [5.41, 5.74) is 0. The fraction of sp³-hybridized carbons (Fsp3) is 0.611. The van der Waals surface area contributed by atoms with Crippen LogP contribution in [0.3, 0.4) is 0 Å². The lowest BCUT2D eigenvalue weighted by Gasteiger charge is -2.18. The van der Waals surface area contributed by atoms with E-state index in [2.05, 4.69) is 57.2 Å². The van der Waals surface area contributed by atoms with Gasteiger partial charge in [-0.15, -0.1) is 0 Å². The lowest BCUT2D eigenvalue weighted by atomic mass is 10.1. The van der Waals surface area contributed by atoms with Crippen molar-refractivity contribution < 1.29 is 28.6 Å². The van der Waals surface area contributed by atoms with Crippen LogP contribution >= 0.6 is 0 Å². The summed E-state index contributed by atoms with van der Waals surface area (Å²) in [6.45, 7) is 6.25. The minimum atomic E-state index is -0.818. The van der Waals surface area contributed by atoms with E-state index in [1.54, 1.807) is 0 Å². The highest BCUT2D eigenvalue weighted by molar-refractivity contribution is 5.71. The minimum Gasteiger partial charge on any atom is -0.462 e. The van der Waals surface area contributed by atoms with Crippen molar-refractivity contribution in [2.75, 3.05) is 13.2 Å². The second-order valence-corrected chi connectivity index (χ2v) is 15.4. The van der Waals surface area contributed by atoms with Gasteiger partial charge in [0.25, 0.3) is 0 Å². The Bertz CT molecular complexity index is 1280. The normalized spacial score (nSPS) is 13.1. The van der Waals surface area contributed by atoms with E-state index >= 15 is 0 Å². The van der Waals surface area contributed by atoms with Crippen LogP contribution in [-0.4, -0.2) is 37.2 Å². The molecule has 0 bridgehead atoms. The predicted molar refractivity (Wildman–Crippen MR) is 256 cm³/mol. The standard InChI is InChI=1S/C54H86O6/c1-4-7-10-13-16-19-22-25-26-27-30-32-35-38-41-44-47-53(56)59-50-51(60-54(57)48-45-42-39-36-33-29-24-21-18-15-12-9-6-3)49-58-52(55)46-43-40-37-34-31-28-23-20-17-14-11-8-5-2/h8-9,11-12,14-15,17-18,20-21,23-24,26-29,31,33,51H,4-7,10,13,16,19,22,25,30,32,34-50H2,1-3H3/b11-8-,12-9-,17-14-,18-15-,23-20-,24-21-,27-26-,31-28-,33-29-. The van der Waals surface area contributed by atoms with Crippen molar-refractivity contribution in [2.45, 2.75) is 200 Å². The molecule has 0 aliphatic heterocycles. The molecule has 60 heavy (non-hydrogen) atoms. The second-order valence-electron chi connectivity index (χ2n) is 15.4. The van der Waals surface area contributed by atoms with E-state index in [0.717, 1.165) is 89.9 Å². The molecule has 0 rings (SSSR count). The number of esters is 3. The summed E-state index contributed by atoms with van der Waals surface area (Å²) >= 11 is 0. The Kier molecular flexibility index (Phi) is 44.6. The molecule has 0 N–H and O–H groups in total. The zero-order chi connectivity index (χ0) is 43.7. The number of hydrogen-bond acceptors (Lipinski definition) is 6. The van der Waals surface area contributed by atoms with E-state index in [9.17, 15) is 14.4 Å². The van der Waals surface area contributed by atoms with Crippen LogP contribution < -0.4 is 0 Å². The summed E-state index contributed by atoms with van der Waals surface area (Å²) < 4.78 is 16.7. The van der Waals surface area contributed by atoms with Crippen LogP contribution in [-0.2, 0) is 28.6 Å². The van der Waals surface area contributed by atoms with Crippen molar-refractivity contribution in [3.8, 4) is 0 Å². The number of rotatable bonds is 41. The number of ether oxygens (including phenoxy) is 3. The van der Waals surface area contributed by atoms with Gasteiger partial charge >= 0.3 is 17.9 Å². The molecule has 6 heteroatoms. The maximum Gasteiger partial charge on any atom is 0.306 e. The van der Waals surface area contributed by atoms with Gasteiger partial charge in [-0.2, -0.15) is 0 Å². The highest BCUT2D eigenvalue weighted by Crippen LogP contribution is 2.13. The molecule has 338 valence electrons. The molecule has 1 atom stereocenters. The molecule has 0 aromatic rings. The van der Waals surface area contributed by atoms with E-state index in [-0.39, 0.29) is 37.5 Å². The Morgan fingerprint density at radius 2 is 0.667 bits per heavy atom. The van der Waals surface area contributed by atoms with Crippen LogP contribution in [0.1, 0.15) is 194 Å². The SMILES string of the molecule is CC\C=C/C=C\C=C/C=C\CCCCCC(=O)OCC(COC(=O)CCCCCCC/C=C\CCCCCCCCC)OC(=O)CCCCC\C=C/C=C\C=C/C=C\CC. The van der Waals surface area contributed by atoms with Gasteiger partial charge in [-0.1, -0.05) is 201 Å². The largest absolute Gasteiger partial charge is 0.462 e. The molecule has 0 radical (unpaired) electrons. The Hall–Kier alpha value is -3.93. The van der Waals surface area contributed by atoms with E-state index in [0.29, 0.717) is 19.3 Å². The first-order valence-electron chi connectivity index (χ1n) is 24.0. The summed E-state index contributed by atoms with van der Waals surface area (Å²) in [4.78, 5) is 37.8. The van der Waals surface area contributed by atoms with E-state index < -0.39 is 6.10 Å². The zero-order valence-electron chi connectivity index (χ0n) is 38.4. The van der Waals surface area contributed by atoms with Gasteiger partial charge in [0, 0.05) is 19.3 Å². The van der Waals surface area contributed by atoms with Gasteiger partial charge in [0.2, 0.25) is 0 Å². The Labute approximate surface area is 368 Å². The quantitative estimate of drug-likeness (QED) is 0.0201. The average Bonchev–Trinajstić information content (AvgIpc) is 3.24. The first-order chi connectivity index (χ1) is 29.5. The average molecular weight is 831 g/mol. The van der Waals surface area contributed by atoms with Gasteiger partial charge in [0.15, 0.2) is 6.10 Å². The molecule has 0 aromatic heterocycles. The molecule has 0 aliphatic carbocycles. The molecule has 0 spiro atoms. The van der Waals surface area contributed by atoms with Crippen LogP contribution in [0.5, 0.6) is 0 Å². The third-order valence-corrected chi connectivity index (χ3v) is 9.68. The molecule has 0 saturated heterocycles. The smallest absolute Gasteiger partial charge is 0.306 e. The number of carbonyl (C=O) groups is 3. The number of unbranched alkanes of at least 4 members (excludes halogenated alkanes) is 18. The van der Waals surface area contributed by atoms with Crippen LogP contribution in [0.4, 0.5) is 0 Å². The van der Waals surface area contributed by atoms with E-state index in [4.69, 9.17) is 14.2 Å². The third kappa shape index (κ3) is 45.2. The van der Waals surface area contributed by atoms with Crippen LogP contribution in [0.2, 0.25) is 0 Å². The molecule has 1 unspecified atom stereocenters. The monoisotopic (exact) mass is 831 g/mol. The molecular formula is C54H86O6. The lowest BCUT2D eigenvalue weighted by molar-refractivity contribution is -0.167. The summed E-state index contributed by atoms with van der Waals surface area (Å²) in [6, 6.07) is 0. The van der Waals surface area contributed by atoms with Crippen LogP contribution in [0.15, 0.2) is 109 Å². The Balaban J connectivity index is 4.52. The van der Waals surface area contributed by atoms with Crippen molar-refractivity contribution in [2.24, 2.45) is 0 Å². The van der Waals surface area contributed by atoms with Crippen molar-refractivity contribution in [1.29, 1.82) is 0 Å². The maximum atomic E-state index is 12.7. The molecule has 0 heterocycles. The summed E-state index contributed by atoms with van der Waals surface area (Å²) in [5.74, 6) is -1.01. The molecule has 0 aromatic carbocycles. The molecule has 0 aliphatic rings. The minimum absolute atomic E-state index is 0.114. The summed E-state index contributed by atoms with van der Waals surface area (Å²) in [5, 5.41) is 0. The van der Waals surface area contributed by atoms with Crippen molar-refractivity contribution >= 4 is 17.9 Å². The molecular weight excluding hydrogens is 745 g/mol. The van der Waals surface area contributed by atoms with Gasteiger partial charge in [-0.05, 0) is 83.5 Å². The van der Waals surface area contributed by atoms with Crippen molar-refractivity contribution in [3.05, 3.63) is 109 Å². The Morgan fingerprint density at radius 3 is 1.08 bits per heavy atom. The fourth-order valence-corrected chi connectivity index (χ4v) is 6.10. The topological polar surface area (TPSA) is 78.9 Å². The van der Waals surface area contributed by atoms with Crippen molar-refractivity contribution in [3.63, 3.8) is 0 Å². The highest BCUT2D eigenvalue weighted by Gasteiger charge is 2.19. The predicted octanol–water partition coefficient (Wildman–Crippen LogP) is 15.6. The molecule has 0 fully saturated rings. The summed E-state index contributed by atoms with van der Waals surface area (Å²) in [6.07, 6.45) is 63.6. The van der Waals surface area contributed by atoms with Crippen molar-refractivity contribution in [1.82, 2.24) is 0 Å². The van der Waals surface area contributed by atoms with Gasteiger partial charge in [0.05, 0.1) is 0 Å². The van der Waals surface area contributed by atoms with E-state index in [1.807, 2.05) is 72.9 Å². The van der Waals surface area contributed by atoms with Gasteiger partial charge in [0.1, 0.15) is 13.2 Å². The summed E-state index contributed by atoms with van der Waals surface area (Å²) in [7, 11) is 0. The van der Waals surface area contributed by atoms with Crippen LogP contribution in [0.25, 0.3) is 0 Å². The molecule has 6 nitrogen and oxygen atoms in total. The maximum absolute atomic E-state index is 12.7. The van der Waals surface area contributed by atoms with Gasteiger partial charge < -0.3 is 14.2 Å². The molecule has 0 amide bonds. The first-order valence-corrected chi connectivity index (χ1v) is 24.0. The number of carbonyl (C=O) groups excluding carboxylic acids is 3. The van der Waals surface area contributed by atoms with E-state index in [1.165, 1.54) is 57.8 Å². The third-order valence-electron chi connectivity index (χ3n) is 9.68. The highest BCUT2D eigenvalue weighted by atomic mass is 16.6. The van der Waals surface area contributed by atoms with Crippen LogP contribution in [0, 0.1) is 0 Å². The number of allylic oxidation sites excluding steroid dienone is 18. The first kappa shape index (κ1) is 56.1. The fourth-order valence-electron chi connectivity index (χ4n) is 6.10. The number of hydrogen-bond donors (Lipinski definition) is 0. The molecule has 0 saturated carbocycles. The van der Waals surface area contributed by atoms with Gasteiger partial charge in [-0.3, -0.25) is 14.4 Å². The zero-order valence-corrected chi connectivity index (χ0v) is 38.4.